The van der Waals surface area contributed by atoms with Crippen molar-refractivity contribution in [1.29, 1.82) is 0 Å². The van der Waals surface area contributed by atoms with Gasteiger partial charge in [0.05, 0.1) is 4.90 Å². The van der Waals surface area contributed by atoms with E-state index in [-0.39, 0.29) is 0 Å². The van der Waals surface area contributed by atoms with Gasteiger partial charge in [0.25, 0.3) is 0 Å². The zero-order valence-corrected chi connectivity index (χ0v) is 16.8. The second kappa shape index (κ2) is 10.5. The highest BCUT2D eigenvalue weighted by Gasteiger charge is 2.08. The van der Waals surface area contributed by atoms with Gasteiger partial charge in [0.15, 0.2) is 15.8 Å². The Morgan fingerprint density at radius 3 is 2.31 bits per heavy atom. The van der Waals surface area contributed by atoms with Crippen LogP contribution in [-0.4, -0.2) is 58.8 Å². The number of benzene rings is 1. The van der Waals surface area contributed by atoms with Gasteiger partial charge in [0.2, 0.25) is 0 Å². The topological polar surface area (TPSA) is 73.8 Å². The summed E-state index contributed by atoms with van der Waals surface area (Å²) < 4.78 is 23.0. The molecule has 1 aromatic carbocycles. The van der Waals surface area contributed by atoms with Gasteiger partial charge < -0.3 is 15.5 Å². The van der Waals surface area contributed by atoms with Crippen molar-refractivity contribution in [3.8, 4) is 0 Å². The summed E-state index contributed by atoms with van der Waals surface area (Å²) >= 11 is 0. The molecule has 1 fully saturated rings. The SMILES string of the molecule is CN=C(NCCCN1CCCCCC1)NCc1ccc(S(C)(=O)=O)cc1. The molecule has 0 radical (unpaired) electrons. The van der Waals surface area contributed by atoms with Crippen molar-refractivity contribution < 1.29 is 8.42 Å². The van der Waals surface area contributed by atoms with Crippen molar-refractivity contribution in [1.82, 2.24) is 15.5 Å². The Labute approximate surface area is 158 Å². The summed E-state index contributed by atoms with van der Waals surface area (Å²) in [4.78, 5) is 7.15. The summed E-state index contributed by atoms with van der Waals surface area (Å²) in [6.07, 6.45) is 7.72. The summed E-state index contributed by atoms with van der Waals surface area (Å²) in [7, 11) is -1.38. The summed E-state index contributed by atoms with van der Waals surface area (Å²) in [5, 5.41) is 6.62. The maximum atomic E-state index is 11.5. The minimum Gasteiger partial charge on any atom is -0.356 e. The highest BCUT2D eigenvalue weighted by Crippen LogP contribution is 2.10. The van der Waals surface area contributed by atoms with Gasteiger partial charge in [0.1, 0.15) is 0 Å². The second-order valence-corrected chi connectivity index (χ2v) is 8.89. The Bertz CT molecular complexity index is 663. The van der Waals surface area contributed by atoms with Gasteiger partial charge in [0, 0.05) is 26.4 Å². The summed E-state index contributed by atoms with van der Waals surface area (Å²) in [5.41, 5.74) is 1.02. The van der Waals surface area contributed by atoms with Crippen LogP contribution < -0.4 is 10.6 Å². The Morgan fingerprint density at radius 2 is 1.73 bits per heavy atom. The van der Waals surface area contributed by atoms with Crippen LogP contribution in [0, 0.1) is 0 Å². The van der Waals surface area contributed by atoms with E-state index in [0.29, 0.717) is 11.4 Å². The van der Waals surface area contributed by atoms with E-state index in [9.17, 15) is 8.42 Å². The number of hydrogen-bond donors (Lipinski definition) is 2. The molecule has 146 valence electrons. The third-order valence-corrected chi connectivity index (χ3v) is 5.81. The molecule has 2 rings (SSSR count). The molecule has 7 heteroatoms. The smallest absolute Gasteiger partial charge is 0.191 e. The van der Waals surface area contributed by atoms with Gasteiger partial charge in [-0.3, -0.25) is 4.99 Å². The van der Waals surface area contributed by atoms with Crippen LogP contribution in [0.4, 0.5) is 0 Å². The lowest BCUT2D eigenvalue weighted by Gasteiger charge is -2.20. The van der Waals surface area contributed by atoms with Gasteiger partial charge >= 0.3 is 0 Å². The number of aliphatic imine (C=N–C) groups is 1. The third kappa shape index (κ3) is 7.33. The first kappa shape index (κ1) is 20.7. The minimum absolute atomic E-state index is 0.345. The first-order chi connectivity index (χ1) is 12.5. The third-order valence-electron chi connectivity index (χ3n) is 4.68. The number of sulfone groups is 1. The van der Waals surface area contributed by atoms with E-state index in [1.807, 2.05) is 12.1 Å². The maximum Gasteiger partial charge on any atom is 0.191 e. The van der Waals surface area contributed by atoms with Crippen LogP contribution in [0.5, 0.6) is 0 Å². The minimum atomic E-state index is -3.14. The van der Waals surface area contributed by atoms with Gasteiger partial charge in [-0.05, 0) is 56.6 Å². The Hall–Kier alpha value is -1.60. The van der Waals surface area contributed by atoms with Crippen molar-refractivity contribution in [2.24, 2.45) is 4.99 Å². The van der Waals surface area contributed by atoms with Crippen LogP contribution in [-0.2, 0) is 16.4 Å². The van der Waals surface area contributed by atoms with Gasteiger partial charge in [-0.15, -0.1) is 0 Å². The van der Waals surface area contributed by atoms with E-state index >= 15 is 0 Å². The standard InChI is InChI=1S/C19H32N4O2S/c1-20-19(21-12-7-15-23-13-5-3-4-6-14-23)22-16-17-8-10-18(11-9-17)26(2,24)25/h8-11H,3-7,12-16H2,1-2H3,(H2,20,21,22). The number of rotatable bonds is 7. The predicted molar refractivity (Wildman–Crippen MR) is 107 cm³/mol. The van der Waals surface area contributed by atoms with Crippen molar-refractivity contribution >= 4 is 15.8 Å². The number of likely N-dealkylation sites (tertiary alicyclic amines) is 1. The predicted octanol–water partition coefficient (Wildman–Crippen LogP) is 2.02. The molecule has 1 aliphatic rings. The molecule has 0 atom stereocenters. The van der Waals surface area contributed by atoms with E-state index < -0.39 is 9.84 Å². The van der Waals surface area contributed by atoms with E-state index in [2.05, 4.69) is 20.5 Å². The summed E-state index contributed by atoms with van der Waals surface area (Å²) in [6, 6.07) is 6.94. The highest BCUT2D eigenvalue weighted by molar-refractivity contribution is 7.90. The van der Waals surface area contributed by atoms with E-state index in [1.54, 1.807) is 19.2 Å². The normalized spacial score (nSPS) is 16.9. The van der Waals surface area contributed by atoms with E-state index in [0.717, 1.165) is 31.0 Å². The van der Waals surface area contributed by atoms with Gasteiger partial charge in [-0.25, -0.2) is 8.42 Å². The quantitative estimate of drug-likeness (QED) is 0.430. The lowest BCUT2D eigenvalue weighted by atomic mass is 10.2. The molecule has 1 aliphatic heterocycles. The largest absolute Gasteiger partial charge is 0.356 e. The second-order valence-electron chi connectivity index (χ2n) is 6.88. The average molecular weight is 381 g/mol. The van der Waals surface area contributed by atoms with Crippen LogP contribution in [0.1, 0.15) is 37.7 Å². The number of guanidine groups is 1. The fourth-order valence-corrected chi connectivity index (χ4v) is 3.76. The lowest BCUT2D eigenvalue weighted by molar-refractivity contribution is 0.282. The monoisotopic (exact) mass is 380 g/mol. The zero-order valence-electron chi connectivity index (χ0n) is 16.0. The molecule has 0 amide bonds. The number of nitrogens with zero attached hydrogens (tertiary/aromatic N) is 2. The number of nitrogens with one attached hydrogen (secondary N) is 2. The molecule has 1 saturated heterocycles. The summed E-state index contributed by atoms with van der Waals surface area (Å²) in [5.74, 6) is 0.771. The molecule has 0 spiro atoms. The van der Waals surface area contributed by atoms with Crippen LogP contribution >= 0.6 is 0 Å². The van der Waals surface area contributed by atoms with Gasteiger partial charge in [-0.2, -0.15) is 0 Å². The molecular weight excluding hydrogens is 348 g/mol. The van der Waals surface area contributed by atoms with Crippen molar-refractivity contribution in [3.63, 3.8) is 0 Å². The zero-order chi connectivity index (χ0) is 18.8. The van der Waals surface area contributed by atoms with E-state index in [1.165, 1.54) is 45.0 Å². The number of hydrogen-bond acceptors (Lipinski definition) is 4. The molecule has 1 aromatic rings. The Kier molecular flexibility index (Phi) is 8.38. The fraction of sp³-hybridized carbons (Fsp3) is 0.632. The van der Waals surface area contributed by atoms with Crippen molar-refractivity contribution in [2.75, 3.05) is 39.5 Å². The molecule has 0 bridgehead atoms. The van der Waals surface area contributed by atoms with Crippen LogP contribution in [0.2, 0.25) is 0 Å². The molecule has 6 nitrogen and oxygen atoms in total. The maximum absolute atomic E-state index is 11.5. The molecule has 2 N–H and O–H groups in total. The molecule has 0 saturated carbocycles. The van der Waals surface area contributed by atoms with Crippen LogP contribution in [0.15, 0.2) is 34.2 Å². The van der Waals surface area contributed by atoms with Crippen LogP contribution in [0.25, 0.3) is 0 Å². The lowest BCUT2D eigenvalue weighted by Crippen LogP contribution is -2.38. The molecule has 0 unspecified atom stereocenters. The highest BCUT2D eigenvalue weighted by atomic mass is 32.2. The average Bonchev–Trinajstić information content (AvgIpc) is 2.89. The van der Waals surface area contributed by atoms with E-state index in [4.69, 9.17) is 0 Å². The van der Waals surface area contributed by atoms with Crippen molar-refractivity contribution in [3.05, 3.63) is 29.8 Å². The Balaban J connectivity index is 1.69. The summed E-state index contributed by atoms with van der Waals surface area (Å²) in [6.45, 7) is 5.10. The van der Waals surface area contributed by atoms with Crippen LogP contribution in [0.3, 0.4) is 0 Å². The first-order valence-electron chi connectivity index (χ1n) is 9.45. The van der Waals surface area contributed by atoms with Crippen molar-refractivity contribution in [2.45, 2.75) is 43.5 Å². The molecule has 0 aromatic heterocycles. The molecule has 1 heterocycles. The fourth-order valence-electron chi connectivity index (χ4n) is 3.13. The molecule has 0 aliphatic carbocycles. The van der Waals surface area contributed by atoms with Gasteiger partial charge in [-0.1, -0.05) is 25.0 Å². The molecular formula is C19H32N4O2S. The first-order valence-corrected chi connectivity index (χ1v) is 11.3. The molecule has 26 heavy (non-hydrogen) atoms. The Morgan fingerprint density at radius 1 is 1.08 bits per heavy atom.